The number of phosphoric acid groups is 1. The molecule has 0 aromatic heterocycles. The van der Waals surface area contributed by atoms with E-state index in [2.05, 4.69) is 48.1 Å². The van der Waals surface area contributed by atoms with Crippen molar-refractivity contribution in [2.24, 2.45) is 40.4 Å². The number of allylic oxidation sites excluding steroid dienone is 1. The summed E-state index contributed by atoms with van der Waals surface area (Å²) in [5.41, 5.74) is 2.35. The molecule has 4 aliphatic carbocycles. The van der Waals surface area contributed by atoms with Crippen molar-refractivity contribution in [2.75, 3.05) is 59.9 Å². The van der Waals surface area contributed by atoms with Crippen LogP contribution in [0.15, 0.2) is 11.6 Å². The molecular weight excluding hydrogens is 633 g/mol. The molecule has 48 heavy (non-hydrogen) atoms. The number of unbranched alkanes of at least 4 members (excludes halogenated alkanes) is 1. The number of amides is 1. The van der Waals surface area contributed by atoms with Gasteiger partial charge in [-0.3, -0.25) is 9.05 Å². The third-order valence-corrected chi connectivity index (χ3v) is 13.3. The highest BCUT2D eigenvalue weighted by molar-refractivity contribution is 7.47. The summed E-state index contributed by atoms with van der Waals surface area (Å²) in [6.07, 6.45) is 18.3. The van der Waals surface area contributed by atoms with E-state index in [4.69, 9.17) is 23.8 Å². The predicted octanol–water partition coefficient (Wildman–Crippen LogP) is 8.08. The minimum Gasteiger partial charge on any atom is -0.446 e. The van der Waals surface area contributed by atoms with Crippen molar-refractivity contribution >= 4 is 13.9 Å². The average Bonchev–Trinajstić information content (AvgIpc) is 3.39. The molecule has 10 nitrogen and oxygen atoms in total. The first kappa shape index (κ1) is 39.8. The van der Waals surface area contributed by atoms with Gasteiger partial charge in [-0.25, -0.2) is 9.36 Å². The number of nitrogens with one attached hydrogen (secondary N) is 1. The quantitative estimate of drug-likeness (QED) is 0.0696. The van der Waals surface area contributed by atoms with Crippen LogP contribution in [0.1, 0.15) is 111 Å². The fourth-order valence-corrected chi connectivity index (χ4v) is 10.0. The third-order valence-electron chi connectivity index (χ3n) is 12.3. The number of ether oxygens (including phenoxy) is 4. The summed E-state index contributed by atoms with van der Waals surface area (Å²) >= 11 is 0. The normalized spacial score (nSPS) is 32.6. The van der Waals surface area contributed by atoms with Crippen molar-refractivity contribution in [3.63, 3.8) is 0 Å². The number of carbonyl (C=O) groups excluding carboxylic acids is 1. The summed E-state index contributed by atoms with van der Waals surface area (Å²) in [6.45, 7) is 12.7. The van der Waals surface area contributed by atoms with E-state index in [0.29, 0.717) is 51.4 Å². The van der Waals surface area contributed by atoms with Gasteiger partial charge in [0, 0.05) is 26.7 Å². The van der Waals surface area contributed by atoms with Crippen LogP contribution in [-0.2, 0) is 32.6 Å². The van der Waals surface area contributed by atoms with Crippen LogP contribution in [0.5, 0.6) is 0 Å². The van der Waals surface area contributed by atoms with Gasteiger partial charge in [0.25, 0.3) is 0 Å². The Balaban J connectivity index is 1.06. The zero-order chi connectivity index (χ0) is 34.6. The molecule has 8 atom stereocenters. The number of fused-ring (bicyclic) bond motifs is 5. The van der Waals surface area contributed by atoms with Crippen LogP contribution in [0.3, 0.4) is 0 Å². The second-order valence-electron chi connectivity index (χ2n) is 15.6. The van der Waals surface area contributed by atoms with E-state index < -0.39 is 7.82 Å². The number of hydrogen-bond acceptors (Lipinski definition) is 8. The Morgan fingerprint density at radius 2 is 1.65 bits per heavy atom. The summed E-state index contributed by atoms with van der Waals surface area (Å²) in [6, 6.07) is 0. The topological polar surface area (TPSA) is 122 Å². The van der Waals surface area contributed by atoms with Crippen molar-refractivity contribution in [3.05, 3.63) is 11.6 Å². The standard InChI is InChI=1S/C37H66NO9P/c1-28(2)9-6-7-10-29-12-14-33-32-13-11-30-27-31(15-17-37(30,4)34(32)16-18-36(29,33)3)47-35(39)38-19-8-20-43-21-22-44-23-24-45-25-26-46-48(40,41)42-5/h11,28-29,31-34H,6-10,12-27H2,1-5H3,(H,38,39)(H,40,41). The van der Waals surface area contributed by atoms with Gasteiger partial charge < -0.3 is 29.2 Å². The van der Waals surface area contributed by atoms with Crippen LogP contribution >= 0.6 is 7.82 Å². The number of carbonyl (C=O) groups is 1. The molecule has 278 valence electrons. The minimum absolute atomic E-state index is 0.0371. The van der Waals surface area contributed by atoms with Crippen LogP contribution in [-0.4, -0.2) is 77.0 Å². The van der Waals surface area contributed by atoms with Gasteiger partial charge in [0.05, 0.1) is 39.6 Å². The number of phosphoric ester groups is 1. The molecule has 3 fully saturated rings. The lowest BCUT2D eigenvalue weighted by Gasteiger charge is -2.58. The summed E-state index contributed by atoms with van der Waals surface area (Å²) in [5.74, 6) is 4.22. The molecule has 0 aromatic rings. The number of rotatable bonds is 21. The molecule has 0 aromatic carbocycles. The number of alkyl carbamates (subject to hydrolysis) is 1. The van der Waals surface area contributed by atoms with Gasteiger partial charge in [0.2, 0.25) is 0 Å². The fraction of sp³-hybridized carbons (Fsp3) is 0.919. The maximum Gasteiger partial charge on any atom is 0.471 e. The van der Waals surface area contributed by atoms with Crippen molar-refractivity contribution in [1.29, 1.82) is 0 Å². The fourth-order valence-electron chi connectivity index (χ4n) is 9.62. The SMILES string of the molecule is COP(=O)(O)OCCOCCOCCOCCCNC(=O)OC1CCC2(C)C(=CCC3C2CCC2(C)C(CCCCC(C)C)CCC32)C1. The molecule has 4 rings (SSSR count). The van der Waals surface area contributed by atoms with Crippen molar-refractivity contribution in [1.82, 2.24) is 5.32 Å². The van der Waals surface area contributed by atoms with Crippen LogP contribution in [0.4, 0.5) is 4.79 Å². The van der Waals surface area contributed by atoms with Gasteiger partial charge in [0.1, 0.15) is 6.10 Å². The van der Waals surface area contributed by atoms with Crippen molar-refractivity contribution in [2.45, 2.75) is 117 Å². The van der Waals surface area contributed by atoms with E-state index in [1.165, 1.54) is 57.8 Å². The van der Waals surface area contributed by atoms with Gasteiger partial charge >= 0.3 is 13.9 Å². The molecule has 2 N–H and O–H groups in total. The molecule has 0 spiro atoms. The minimum atomic E-state index is -3.95. The van der Waals surface area contributed by atoms with Gasteiger partial charge in [-0.1, -0.05) is 58.6 Å². The van der Waals surface area contributed by atoms with E-state index in [1.807, 2.05) is 0 Å². The second-order valence-corrected chi connectivity index (χ2v) is 17.2. The Labute approximate surface area is 290 Å². The maximum absolute atomic E-state index is 12.6. The summed E-state index contributed by atoms with van der Waals surface area (Å²) < 4.78 is 42.3. The Kier molecular flexibility index (Phi) is 15.8. The molecule has 0 saturated heterocycles. The first-order valence-electron chi connectivity index (χ1n) is 18.9. The van der Waals surface area contributed by atoms with Crippen LogP contribution in [0.25, 0.3) is 0 Å². The Morgan fingerprint density at radius 1 is 0.938 bits per heavy atom. The van der Waals surface area contributed by atoms with E-state index >= 15 is 0 Å². The lowest BCUT2D eigenvalue weighted by molar-refractivity contribution is -0.0519. The van der Waals surface area contributed by atoms with Crippen molar-refractivity contribution in [3.8, 4) is 0 Å². The zero-order valence-corrected chi connectivity index (χ0v) is 31.4. The lowest BCUT2D eigenvalue weighted by atomic mass is 9.47. The lowest BCUT2D eigenvalue weighted by Crippen LogP contribution is -2.50. The first-order chi connectivity index (χ1) is 23.0. The highest BCUT2D eigenvalue weighted by atomic mass is 31.2. The molecule has 11 heteroatoms. The summed E-state index contributed by atoms with van der Waals surface area (Å²) in [4.78, 5) is 21.7. The van der Waals surface area contributed by atoms with Gasteiger partial charge in [-0.15, -0.1) is 0 Å². The van der Waals surface area contributed by atoms with Gasteiger partial charge in [0.15, 0.2) is 0 Å². The smallest absolute Gasteiger partial charge is 0.446 e. The molecule has 0 radical (unpaired) electrons. The van der Waals surface area contributed by atoms with Gasteiger partial charge in [-0.2, -0.15) is 0 Å². The molecule has 8 unspecified atom stereocenters. The third kappa shape index (κ3) is 11.0. The molecule has 3 saturated carbocycles. The van der Waals surface area contributed by atoms with E-state index in [1.54, 1.807) is 5.57 Å². The van der Waals surface area contributed by atoms with Gasteiger partial charge in [-0.05, 0) is 98.2 Å². The van der Waals surface area contributed by atoms with E-state index in [0.717, 1.165) is 56.0 Å². The Morgan fingerprint density at radius 3 is 2.35 bits per heavy atom. The molecule has 0 aliphatic heterocycles. The van der Waals surface area contributed by atoms with Crippen LogP contribution in [0.2, 0.25) is 0 Å². The highest BCUT2D eigenvalue weighted by Gasteiger charge is 2.58. The second kappa shape index (κ2) is 19.0. The Hall–Kier alpha value is -1.00. The molecular formula is C37H66NO9P. The highest BCUT2D eigenvalue weighted by Crippen LogP contribution is 2.66. The molecule has 0 heterocycles. The summed E-state index contributed by atoms with van der Waals surface area (Å²) in [5, 5.41) is 2.90. The van der Waals surface area contributed by atoms with Crippen LogP contribution < -0.4 is 5.32 Å². The predicted molar refractivity (Wildman–Crippen MR) is 187 cm³/mol. The monoisotopic (exact) mass is 699 g/mol. The molecule has 4 aliphatic rings. The largest absolute Gasteiger partial charge is 0.471 e. The Bertz CT molecular complexity index is 1070. The van der Waals surface area contributed by atoms with Crippen LogP contribution in [0, 0.1) is 40.4 Å². The van der Waals surface area contributed by atoms with E-state index in [-0.39, 0.29) is 30.8 Å². The molecule has 0 bridgehead atoms. The van der Waals surface area contributed by atoms with E-state index in [9.17, 15) is 9.36 Å². The maximum atomic E-state index is 12.6. The first-order valence-corrected chi connectivity index (χ1v) is 20.4. The summed E-state index contributed by atoms with van der Waals surface area (Å²) in [7, 11) is -2.84. The molecule has 1 amide bonds. The van der Waals surface area contributed by atoms with Crippen molar-refractivity contribution < 1.29 is 42.2 Å². The zero-order valence-electron chi connectivity index (χ0n) is 30.6. The number of hydrogen-bond donors (Lipinski definition) is 2. The average molecular weight is 700 g/mol.